The van der Waals surface area contributed by atoms with Crippen LogP contribution in [-0.4, -0.2) is 66.6 Å². The molecule has 0 spiro atoms. The van der Waals surface area contributed by atoms with Gasteiger partial charge in [-0.25, -0.2) is 9.40 Å². The zero-order valence-corrected chi connectivity index (χ0v) is 17.1. The zero-order valence-electron chi connectivity index (χ0n) is 17.1. The molecule has 0 aromatic carbocycles. The van der Waals surface area contributed by atoms with Gasteiger partial charge in [-0.3, -0.25) is 10.2 Å². The zero-order chi connectivity index (χ0) is 19.7. The second-order valence-electron chi connectivity index (χ2n) is 9.64. The van der Waals surface area contributed by atoms with E-state index in [-0.39, 0.29) is 36.6 Å². The first-order chi connectivity index (χ1) is 13.5. The summed E-state index contributed by atoms with van der Waals surface area (Å²) in [5.74, 6) is 1.73. The third-order valence-corrected chi connectivity index (χ3v) is 7.78. The number of halogens is 1. The molecule has 4 aliphatic rings. The van der Waals surface area contributed by atoms with Crippen LogP contribution in [0.2, 0.25) is 0 Å². The molecule has 0 radical (unpaired) electrons. The number of aliphatic hydroxyl groups excluding tert-OH is 1. The Morgan fingerprint density at radius 3 is 2.86 bits per heavy atom. The van der Waals surface area contributed by atoms with E-state index in [0.717, 1.165) is 38.8 Å². The van der Waals surface area contributed by atoms with E-state index in [4.69, 9.17) is 5.11 Å². The van der Waals surface area contributed by atoms with E-state index in [1.165, 1.54) is 6.42 Å². The number of fused-ring (bicyclic) bond motifs is 1. The third kappa shape index (κ3) is 4.37. The van der Waals surface area contributed by atoms with E-state index in [1.54, 1.807) is 0 Å². The Morgan fingerprint density at radius 1 is 1.21 bits per heavy atom. The van der Waals surface area contributed by atoms with E-state index in [9.17, 15) is 9.18 Å². The Hall–Kier alpha value is -0.760. The fourth-order valence-electron chi connectivity index (χ4n) is 6.15. The van der Waals surface area contributed by atoms with Crippen LogP contribution >= 0.6 is 0 Å². The number of amides is 1. The van der Waals surface area contributed by atoms with Gasteiger partial charge in [-0.1, -0.05) is 13.3 Å². The summed E-state index contributed by atoms with van der Waals surface area (Å²) < 4.78 is 14.3. The predicted octanol–water partition coefficient (Wildman–Crippen LogP) is 1.20. The highest BCUT2D eigenvalue weighted by Crippen LogP contribution is 2.39. The van der Waals surface area contributed by atoms with Crippen molar-refractivity contribution in [1.29, 1.82) is 0 Å². The highest BCUT2D eigenvalue weighted by atomic mass is 19.1. The minimum absolute atomic E-state index is 0.000625. The fourth-order valence-corrected chi connectivity index (χ4v) is 6.15. The van der Waals surface area contributed by atoms with Gasteiger partial charge in [-0.2, -0.15) is 0 Å². The monoisotopic (exact) mass is 396 g/mol. The number of carbonyl (C=O) groups excluding carboxylic acids is 1. The van der Waals surface area contributed by atoms with Gasteiger partial charge >= 0.3 is 0 Å². The van der Waals surface area contributed by atoms with Crippen LogP contribution in [0.1, 0.15) is 51.9 Å². The lowest BCUT2D eigenvalue weighted by molar-refractivity contribution is -0.124. The number of carbonyl (C=O) groups is 1. The molecule has 0 bridgehead atoms. The summed E-state index contributed by atoms with van der Waals surface area (Å²) in [5.41, 5.74) is 3.38. The van der Waals surface area contributed by atoms with E-state index >= 15 is 0 Å². The molecule has 0 aromatic rings. The lowest BCUT2D eigenvalue weighted by Gasteiger charge is -2.34. The molecular formula is C21H37FN4O2. The average Bonchev–Trinajstić information content (AvgIpc) is 3.33. The molecule has 2 saturated carbocycles. The Labute approximate surface area is 168 Å². The van der Waals surface area contributed by atoms with Crippen LogP contribution in [0.3, 0.4) is 0 Å². The Morgan fingerprint density at radius 2 is 2.07 bits per heavy atom. The minimum Gasteiger partial charge on any atom is -0.395 e. The summed E-state index contributed by atoms with van der Waals surface area (Å²) in [6.07, 6.45) is 5.89. The second kappa shape index (κ2) is 8.94. The summed E-state index contributed by atoms with van der Waals surface area (Å²) in [7, 11) is 0. The van der Waals surface area contributed by atoms with Crippen molar-refractivity contribution in [3.8, 4) is 0 Å². The quantitative estimate of drug-likeness (QED) is 0.562. The molecule has 1 amide bonds. The van der Waals surface area contributed by atoms with Gasteiger partial charge in [0, 0.05) is 37.6 Å². The van der Waals surface area contributed by atoms with Gasteiger partial charge in [0.1, 0.15) is 6.17 Å². The molecular weight excluding hydrogens is 359 g/mol. The van der Waals surface area contributed by atoms with Gasteiger partial charge < -0.3 is 15.7 Å². The van der Waals surface area contributed by atoms with Gasteiger partial charge in [0.2, 0.25) is 5.91 Å². The maximum absolute atomic E-state index is 14.3. The number of nitrogens with one attached hydrogen (secondary N) is 3. The van der Waals surface area contributed by atoms with Crippen molar-refractivity contribution in [1.82, 2.24) is 21.1 Å². The predicted molar refractivity (Wildman–Crippen MR) is 106 cm³/mol. The molecule has 2 heterocycles. The van der Waals surface area contributed by atoms with E-state index < -0.39 is 6.17 Å². The highest BCUT2D eigenvalue weighted by molar-refractivity contribution is 5.82. The van der Waals surface area contributed by atoms with E-state index in [0.29, 0.717) is 37.1 Å². The molecule has 8 atom stereocenters. The number of aliphatic hydroxyl groups is 1. The van der Waals surface area contributed by atoms with Crippen molar-refractivity contribution in [2.75, 3.05) is 26.2 Å². The highest BCUT2D eigenvalue weighted by Gasteiger charge is 2.46. The third-order valence-electron chi connectivity index (χ3n) is 7.78. The second-order valence-corrected chi connectivity index (χ2v) is 9.64. The average molecular weight is 397 g/mol. The molecule has 8 unspecified atom stereocenters. The standard InChI is InChI=1S/C21H37FN4O2/c1-13-5-6-18(22)17-10-19(25-20(13)17)21(28)24-16-4-2-3-14(9-16)15-11-23-26(12-15)7-8-27/h13-20,23,25,27H,2-12H2,1H3,(H,24,28). The van der Waals surface area contributed by atoms with Crippen LogP contribution in [0.5, 0.6) is 0 Å². The molecule has 2 aliphatic carbocycles. The number of alkyl halides is 1. The van der Waals surface area contributed by atoms with Crippen LogP contribution in [-0.2, 0) is 4.79 Å². The fraction of sp³-hybridized carbons (Fsp3) is 0.952. The van der Waals surface area contributed by atoms with Gasteiger partial charge in [0.15, 0.2) is 0 Å². The summed E-state index contributed by atoms with van der Waals surface area (Å²) in [4.78, 5) is 12.9. The number of rotatable bonds is 5. The van der Waals surface area contributed by atoms with Gasteiger partial charge in [-0.05, 0) is 56.3 Å². The Balaban J connectivity index is 1.28. The van der Waals surface area contributed by atoms with Crippen molar-refractivity contribution >= 4 is 5.91 Å². The molecule has 2 aliphatic heterocycles. The van der Waals surface area contributed by atoms with Crippen LogP contribution in [0.15, 0.2) is 0 Å². The number of hydrazine groups is 1. The van der Waals surface area contributed by atoms with Crippen LogP contribution in [0.25, 0.3) is 0 Å². The van der Waals surface area contributed by atoms with Crippen LogP contribution < -0.4 is 16.1 Å². The number of hydrogen-bond donors (Lipinski definition) is 4. The summed E-state index contributed by atoms with van der Waals surface area (Å²) in [6.45, 7) is 4.98. The molecule has 28 heavy (non-hydrogen) atoms. The molecule has 2 saturated heterocycles. The van der Waals surface area contributed by atoms with E-state index in [2.05, 4.69) is 28.0 Å². The van der Waals surface area contributed by atoms with Crippen molar-refractivity contribution < 1.29 is 14.3 Å². The normalized spacial score (nSPS) is 44.4. The minimum atomic E-state index is -0.762. The topological polar surface area (TPSA) is 76.6 Å². The summed E-state index contributed by atoms with van der Waals surface area (Å²) in [6, 6.07) is 0.157. The molecule has 4 N–H and O–H groups in total. The maximum Gasteiger partial charge on any atom is 0.237 e. The van der Waals surface area contributed by atoms with Crippen LogP contribution in [0, 0.1) is 23.7 Å². The largest absolute Gasteiger partial charge is 0.395 e. The molecule has 0 aromatic heterocycles. The lowest BCUT2D eigenvalue weighted by atomic mass is 9.77. The van der Waals surface area contributed by atoms with Crippen molar-refractivity contribution in [2.45, 2.75) is 76.2 Å². The number of hydrogen-bond acceptors (Lipinski definition) is 5. The molecule has 160 valence electrons. The first kappa shape index (κ1) is 20.5. The number of β-amino-alcohol motifs (C(OH)–C–C–N with tert-alkyl or cyclic N) is 1. The molecule has 4 fully saturated rings. The van der Waals surface area contributed by atoms with Gasteiger partial charge in [-0.15, -0.1) is 0 Å². The van der Waals surface area contributed by atoms with Crippen molar-refractivity contribution in [3.63, 3.8) is 0 Å². The van der Waals surface area contributed by atoms with Gasteiger partial charge in [0.25, 0.3) is 0 Å². The first-order valence-corrected chi connectivity index (χ1v) is 11.3. The van der Waals surface area contributed by atoms with Gasteiger partial charge in [0.05, 0.1) is 12.6 Å². The smallest absolute Gasteiger partial charge is 0.237 e. The lowest BCUT2D eigenvalue weighted by Crippen LogP contribution is -2.49. The Kier molecular flexibility index (Phi) is 6.55. The summed E-state index contributed by atoms with van der Waals surface area (Å²) in [5, 5.41) is 18.0. The first-order valence-electron chi connectivity index (χ1n) is 11.3. The summed E-state index contributed by atoms with van der Waals surface area (Å²) >= 11 is 0. The SMILES string of the molecule is CC1CCC(F)C2CC(C(=O)NC3CCCC(C4CNN(CCO)C4)C3)NC12. The van der Waals surface area contributed by atoms with Crippen LogP contribution in [0.4, 0.5) is 4.39 Å². The number of nitrogens with zero attached hydrogens (tertiary/aromatic N) is 1. The van der Waals surface area contributed by atoms with E-state index in [1.807, 2.05) is 0 Å². The molecule has 6 nitrogen and oxygen atoms in total. The molecule has 4 rings (SSSR count). The maximum atomic E-state index is 14.3. The Bertz CT molecular complexity index is 532. The molecule has 7 heteroatoms. The van der Waals surface area contributed by atoms with Crippen molar-refractivity contribution in [2.24, 2.45) is 23.7 Å². The van der Waals surface area contributed by atoms with Crippen molar-refractivity contribution in [3.05, 3.63) is 0 Å².